The van der Waals surface area contributed by atoms with Crippen LogP contribution in [0.15, 0.2) is 134 Å². The zero-order chi connectivity index (χ0) is 79.2. The second-order valence-corrected chi connectivity index (χ2v) is 27.6. The van der Waals surface area contributed by atoms with Gasteiger partial charge in [0.25, 0.3) is 23.6 Å². The lowest BCUT2D eigenvalue weighted by Gasteiger charge is -2.31. The van der Waals surface area contributed by atoms with Gasteiger partial charge in [-0.15, -0.1) is 0 Å². The molecule has 30 nitrogen and oxygen atoms in total. The van der Waals surface area contributed by atoms with Crippen molar-refractivity contribution < 1.29 is 101 Å². The Morgan fingerprint density at radius 1 is 0.709 bits per heavy atom. The van der Waals surface area contributed by atoms with E-state index in [-0.39, 0.29) is 167 Å². The number of carbonyl (C=O) groups excluding carboxylic acids is 11. The number of aliphatic hydroxyl groups excluding tert-OH is 1. The number of hydrogen-bond donors (Lipinski definition) is 5. The molecule has 30 heteroatoms. The number of amides is 6. The summed E-state index contributed by atoms with van der Waals surface area (Å²) in [5.41, 5.74) is 4.94. The molecule has 0 radical (unpaired) electrons. The van der Waals surface area contributed by atoms with Crippen molar-refractivity contribution >= 4 is 99.0 Å². The van der Waals surface area contributed by atoms with Crippen molar-refractivity contribution in [1.29, 1.82) is 0 Å². The first-order chi connectivity index (χ1) is 52.6. The van der Waals surface area contributed by atoms with Gasteiger partial charge in [0.05, 0.1) is 80.4 Å². The van der Waals surface area contributed by atoms with Gasteiger partial charge in [-0.2, -0.15) is 0 Å². The minimum atomic E-state index is -1.63. The molecular formula is C80H87N9O21. The van der Waals surface area contributed by atoms with Gasteiger partial charge in [-0.1, -0.05) is 74.5 Å². The molecule has 1 saturated heterocycles. The highest BCUT2D eigenvalue weighted by atomic mass is 16.6. The molecule has 1 fully saturated rings. The lowest BCUT2D eigenvalue weighted by Crippen LogP contribution is -2.50. The number of carboxylic acids is 2. The largest absolute Gasteiger partial charge is 0.493 e. The number of aromatic nitrogens is 4. The van der Waals surface area contributed by atoms with E-state index in [0.29, 0.717) is 45.3 Å². The highest BCUT2D eigenvalue weighted by Gasteiger charge is 2.47. The molecule has 3 aromatic heterocycles. The molecule has 0 bridgehead atoms. The van der Waals surface area contributed by atoms with Crippen molar-refractivity contribution in [2.75, 3.05) is 56.9 Å². The molecule has 6 heterocycles. The summed E-state index contributed by atoms with van der Waals surface area (Å²) in [5.74, 6) is -7.94. The van der Waals surface area contributed by atoms with Gasteiger partial charge < -0.3 is 63.7 Å². The van der Waals surface area contributed by atoms with Crippen LogP contribution in [0.1, 0.15) is 137 Å². The van der Waals surface area contributed by atoms with Crippen LogP contribution >= 0.6 is 0 Å². The lowest BCUT2D eigenvalue weighted by molar-refractivity contribution is -0.146. The maximum Gasteiger partial charge on any atom is 0.416 e. The number of imide groups is 1. The standard InChI is InChI=1S/C80H87N9O21/c1-46(2)57(39-65(92)60(88-71(95)24-25-72(88)96)23-21-56(90)10-8-29-107-32-33-108-31-27-73(97)98)75(99)81-48(4)64(91)35-49-12-14-51(15-13-49)45-110-80(105)89-61-41-68(67(106-7)40-58(61)76(100)87-42-47(3)34-63(87)78(89)102)109-30-9-11-70(94)82-69-44-85(6)74(83-69)66(93)36-50-16-18-52(19-17-50)55-38-62(84(5)43-55)77(101)86-28-26-53-37-54(79(103)104)20-22-59(53)86/h12-20,22,24-26,28,37-38,40-41,43-44,46,48,57,60,63,78,102H,3,8-11,21,23,27,29-36,39,42,45H2,1-2,4-7H3,(H,81,99)(H,82,94)(H,97,98)(H,103,104)/t48-,57-,60-,63-,78-/m0/s1. The zero-order valence-electron chi connectivity index (χ0n) is 61.8. The molecule has 5 N–H and O–H groups in total. The first-order valence-corrected chi connectivity index (χ1v) is 35.9. The lowest BCUT2D eigenvalue weighted by atomic mass is 9.86. The number of rotatable bonds is 38. The molecule has 0 saturated carbocycles. The van der Waals surface area contributed by atoms with E-state index >= 15 is 0 Å². The number of carbonyl (C=O) groups is 13. The van der Waals surface area contributed by atoms with Crippen LogP contribution < -0.4 is 25.0 Å². The highest BCUT2D eigenvalue weighted by Crippen LogP contribution is 2.42. The van der Waals surface area contributed by atoms with Crippen molar-refractivity contribution in [1.82, 2.24) is 33.8 Å². The summed E-state index contributed by atoms with van der Waals surface area (Å²) in [4.78, 5) is 179. The van der Waals surface area contributed by atoms with Crippen LogP contribution in [0.3, 0.4) is 0 Å². The SMILES string of the molecule is C=C1C[C@H]2[C@H](O)N(C(=O)OCc3ccc(CC(=O)[C@H](C)NC(=O)[C@@H](CC(=O)[C@H](CCC(=O)CCCOCCOCCC(=O)O)N4C(=O)C=CC4=O)C(C)C)cc3)c3cc(OCCCC(=O)Nc4cn(C)c(C(=O)Cc5ccc(-c6cc(C(=O)n7ccc8cc(C(=O)O)ccc87)n(C)c6)cc5)n4)c(OC)cc3C(=O)N2C1. The number of aliphatic carboxylic acids is 1. The second-order valence-electron chi connectivity index (χ2n) is 27.6. The van der Waals surface area contributed by atoms with Gasteiger partial charge in [-0.05, 0) is 97.2 Å². The Bertz CT molecular complexity index is 4740. The number of nitrogens with one attached hydrogen (secondary N) is 2. The number of imidazole rings is 1. The summed E-state index contributed by atoms with van der Waals surface area (Å²) in [6, 6.07) is 21.3. The fourth-order valence-corrected chi connectivity index (χ4v) is 13.3. The monoisotopic (exact) mass is 1510 g/mol. The summed E-state index contributed by atoms with van der Waals surface area (Å²) in [5, 5.41) is 36.2. The quantitative estimate of drug-likeness (QED) is 0.0106. The van der Waals surface area contributed by atoms with Crippen LogP contribution in [-0.4, -0.2) is 191 Å². The number of Topliss-reactive ketones (excluding diaryl/α,β-unsaturated/α-hetero) is 4. The Morgan fingerprint density at radius 2 is 1.39 bits per heavy atom. The maximum atomic E-state index is 14.4. The Balaban J connectivity index is 0.698. The predicted molar refractivity (Wildman–Crippen MR) is 397 cm³/mol. The van der Waals surface area contributed by atoms with Crippen LogP contribution in [0.5, 0.6) is 11.5 Å². The number of aliphatic hydroxyl groups is 1. The number of nitrogens with zero attached hydrogens (tertiary/aromatic N) is 7. The highest BCUT2D eigenvalue weighted by molar-refractivity contribution is 6.15. The Labute approximate surface area is 632 Å². The first-order valence-electron chi connectivity index (χ1n) is 35.9. The minimum absolute atomic E-state index is 0.00659. The summed E-state index contributed by atoms with van der Waals surface area (Å²) in [6.45, 7) is 9.31. The van der Waals surface area contributed by atoms with E-state index in [2.05, 4.69) is 22.2 Å². The molecular weight excluding hydrogens is 1420 g/mol. The van der Waals surface area contributed by atoms with E-state index in [0.717, 1.165) is 33.1 Å². The van der Waals surface area contributed by atoms with Gasteiger partial charge in [0, 0.05) is 119 Å². The fraction of sp³-hybridized carbons (Fsp3) is 0.375. The molecule has 3 aliphatic heterocycles. The first kappa shape index (κ1) is 80.5. The molecule has 110 heavy (non-hydrogen) atoms. The van der Waals surface area contributed by atoms with Gasteiger partial charge in [0.15, 0.2) is 40.9 Å². The van der Waals surface area contributed by atoms with Crippen LogP contribution in [-0.2, 0) is 86.1 Å². The Morgan fingerprint density at radius 3 is 2.08 bits per heavy atom. The number of benzene rings is 4. The third-order valence-electron chi connectivity index (χ3n) is 19.3. The minimum Gasteiger partial charge on any atom is -0.493 e. The summed E-state index contributed by atoms with van der Waals surface area (Å²) >= 11 is 0. The predicted octanol–water partition coefficient (Wildman–Crippen LogP) is 8.02. The average molecular weight is 1510 g/mol. The number of anilines is 2. The van der Waals surface area contributed by atoms with Gasteiger partial charge in [-0.3, -0.25) is 62.2 Å². The van der Waals surface area contributed by atoms with Gasteiger partial charge in [0.2, 0.25) is 17.6 Å². The molecule has 578 valence electrons. The van der Waals surface area contributed by atoms with E-state index in [9.17, 15) is 72.5 Å². The summed E-state index contributed by atoms with van der Waals surface area (Å²) in [6.07, 6.45) is 4.03. The number of carboxylic acid groups (broad SMARTS) is 2. The van der Waals surface area contributed by atoms with Crippen molar-refractivity contribution in [2.45, 2.75) is 122 Å². The van der Waals surface area contributed by atoms with Crippen LogP contribution in [0.2, 0.25) is 0 Å². The van der Waals surface area contributed by atoms with Crippen molar-refractivity contribution in [3.8, 4) is 22.6 Å². The van der Waals surface area contributed by atoms with Crippen molar-refractivity contribution in [2.24, 2.45) is 25.9 Å². The molecule has 0 unspecified atom stereocenters. The van der Waals surface area contributed by atoms with E-state index < -0.39 is 96.0 Å². The van der Waals surface area contributed by atoms with E-state index in [4.69, 9.17) is 28.8 Å². The van der Waals surface area contributed by atoms with Crippen molar-refractivity contribution in [3.05, 3.63) is 173 Å². The van der Waals surface area contributed by atoms with E-state index in [1.165, 1.54) is 58.5 Å². The van der Waals surface area contributed by atoms with Crippen molar-refractivity contribution in [3.63, 3.8) is 0 Å². The van der Waals surface area contributed by atoms with Gasteiger partial charge in [0.1, 0.15) is 18.1 Å². The molecule has 4 aromatic carbocycles. The van der Waals surface area contributed by atoms with E-state index in [1.807, 2.05) is 18.3 Å². The number of ketones is 4. The average Bonchev–Trinajstić information content (AvgIpc) is 1.59. The molecule has 5 atom stereocenters. The normalized spacial score (nSPS) is 15.5. The smallest absolute Gasteiger partial charge is 0.416 e. The number of hydrogen-bond acceptors (Lipinski definition) is 20. The fourth-order valence-electron chi connectivity index (χ4n) is 13.3. The zero-order valence-corrected chi connectivity index (χ0v) is 61.8. The van der Waals surface area contributed by atoms with E-state index in [1.54, 1.807) is 93.3 Å². The molecule has 0 aliphatic carbocycles. The van der Waals surface area contributed by atoms with Crippen LogP contribution in [0, 0.1) is 11.8 Å². The van der Waals surface area contributed by atoms with Crippen LogP contribution in [0.25, 0.3) is 22.0 Å². The number of aryl methyl sites for hydroxylation is 2. The van der Waals surface area contributed by atoms with Gasteiger partial charge >= 0.3 is 18.0 Å². The topological polar surface area (TPSA) is 390 Å². The number of ether oxygens (including phenoxy) is 5. The Kier molecular flexibility index (Phi) is 26.5. The van der Waals surface area contributed by atoms with Gasteiger partial charge in [-0.25, -0.2) is 19.5 Å². The number of aromatic carboxylic acids is 1. The molecule has 6 amide bonds. The maximum absolute atomic E-state index is 14.4. The molecule has 3 aliphatic rings. The van der Waals surface area contributed by atoms with Crippen LogP contribution in [0.4, 0.5) is 16.3 Å². The summed E-state index contributed by atoms with van der Waals surface area (Å²) in [7, 11) is 4.75. The molecule has 0 spiro atoms. The molecule has 10 rings (SSSR count). The third-order valence-corrected chi connectivity index (χ3v) is 19.3. The molecule has 7 aromatic rings. The number of methoxy groups -OCH3 is 1. The number of fused-ring (bicyclic) bond motifs is 3. The third kappa shape index (κ3) is 19.6. The second kappa shape index (κ2) is 36.3. The summed E-state index contributed by atoms with van der Waals surface area (Å²) < 4.78 is 32.9. The Hall–Kier alpha value is -12.0.